The van der Waals surface area contributed by atoms with Gasteiger partial charge in [0.2, 0.25) is 0 Å². The smallest absolute Gasteiger partial charge is 0.410 e. The minimum atomic E-state index is -0.952. The van der Waals surface area contributed by atoms with Crippen LogP contribution >= 0.6 is 0 Å². The summed E-state index contributed by atoms with van der Waals surface area (Å²) >= 11 is 0. The summed E-state index contributed by atoms with van der Waals surface area (Å²) in [5.41, 5.74) is 5.32. The maximum absolute atomic E-state index is 12.6. The summed E-state index contributed by atoms with van der Waals surface area (Å²) in [5.74, 6) is -0.952. The Bertz CT molecular complexity index is 1860. The maximum Gasteiger partial charge on any atom is 0.410 e. The van der Waals surface area contributed by atoms with Crippen LogP contribution in [0.1, 0.15) is 37.6 Å². The normalized spacial score (nSPS) is 18.3. The molecule has 0 spiro atoms. The van der Waals surface area contributed by atoms with Crippen molar-refractivity contribution in [3.05, 3.63) is 84.8 Å². The minimum absolute atomic E-state index is 0.169. The fourth-order valence-corrected chi connectivity index (χ4v) is 6.31. The molecule has 2 aliphatic rings. The second-order valence-corrected chi connectivity index (χ2v) is 12.1. The Morgan fingerprint density at radius 3 is 2.33 bits per heavy atom. The fraction of sp³-hybridized carbons (Fsp3) is 0.273. The lowest BCUT2D eigenvalue weighted by atomic mass is 9.96. The van der Waals surface area contributed by atoms with Crippen LogP contribution in [0.5, 0.6) is 0 Å². The number of nitrogens with zero attached hydrogens (tertiary/aromatic N) is 5. The van der Waals surface area contributed by atoms with Crippen molar-refractivity contribution in [3.63, 3.8) is 0 Å². The highest BCUT2D eigenvalue weighted by molar-refractivity contribution is 6.09. The Balaban J connectivity index is 1.12. The first-order valence-electron chi connectivity index (χ1n) is 14.1. The Morgan fingerprint density at radius 1 is 0.881 bits per heavy atom. The van der Waals surface area contributed by atoms with Crippen LogP contribution in [0.2, 0.25) is 0 Å². The van der Waals surface area contributed by atoms with Crippen LogP contribution < -0.4 is 4.90 Å². The number of anilines is 1. The van der Waals surface area contributed by atoms with Crippen LogP contribution in [0.25, 0.3) is 38.7 Å². The lowest BCUT2D eigenvalue weighted by Crippen LogP contribution is -2.50. The number of aromatic nitrogens is 3. The molecule has 2 saturated heterocycles. The number of rotatable bonds is 4. The van der Waals surface area contributed by atoms with E-state index in [1.165, 1.54) is 0 Å². The predicted molar refractivity (Wildman–Crippen MR) is 161 cm³/mol. The average molecular weight is 562 g/mol. The Labute approximate surface area is 243 Å². The number of hydrogen-bond acceptors (Lipinski definition) is 6. The third-order valence-corrected chi connectivity index (χ3v) is 8.20. The molecule has 42 heavy (non-hydrogen) atoms. The highest BCUT2D eigenvalue weighted by atomic mass is 16.6. The van der Waals surface area contributed by atoms with Gasteiger partial charge < -0.3 is 19.6 Å². The van der Waals surface area contributed by atoms with Crippen molar-refractivity contribution in [2.24, 2.45) is 0 Å². The largest absolute Gasteiger partial charge is 0.478 e. The minimum Gasteiger partial charge on any atom is -0.478 e. The number of amides is 1. The van der Waals surface area contributed by atoms with Crippen LogP contribution in [0.15, 0.2) is 79.3 Å². The first-order chi connectivity index (χ1) is 20.2. The third-order valence-electron chi connectivity index (χ3n) is 8.20. The molecule has 212 valence electrons. The molecule has 2 atom stereocenters. The lowest BCUT2D eigenvalue weighted by Gasteiger charge is -2.36. The van der Waals surface area contributed by atoms with Gasteiger partial charge in [0.15, 0.2) is 5.65 Å². The van der Waals surface area contributed by atoms with E-state index in [1.807, 2.05) is 68.4 Å². The molecule has 7 rings (SSSR count). The topological polar surface area (TPSA) is 100 Å². The maximum atomic E-state index is 12.6. The third kappa shape index (κ3) is 4.41. The monoisotopic (exact) mass is 561 g/mol. The standard InChI is InChI=1S/C33H31N5O4/c1-33(2,3)42-32(41)37-19-23-14-24(37)18-36(23)22-10-8-20(9-11-22)21-15-34-30-29(16-35-38(30)17-21)27-12-13-28(31(39)40)26-7-5-4-6-25(26)27/h4-13,15-17,23-24H,14,18-19H2,1-3H3,(H,39,40)/t23-,24-/m0/s1. The van der Waals surface area contributed by atoms with Gasteiger partial charge in [-0.1, -0.05) is 42.5 Å². The Kier molecular flexibility index (Phi) is 5.93. The van der Waals surface area contributed by atoms with E-state index in [9.17, 15) is 14.7 Å². The summed E-state index contributed by atoms with van der Waals surface area (Å²) in [6.45, 7) is 7.17. The van der Waals surface area contributed by atoms with Gasteiger partial charge in [0.25, 0.3) is 0 Å². The quantitative estimate of drug-likeness (QED) is 0.282. The first kappa shape index (κ1) is 26.0. The van der Waals surface area contributed by atoms with Crippen LogP contribution in [-0.4, -0.2) is 67.4 Å². The van der Waals surface area contributed by atoms with Crippen molar-refractivity contribution in [1.29, 1.82) is 0 Å². The molecular weight excluding hydrogens is 530 g/mol. The first-order valence-corrected chi connectivity index (χ1v) is 14.1. The molecule has 2 aromatic heterocycles. The van der Waals surface area contributed by atoms with Crippen molar-refractivity contribution in [3.8, 4) is 22.3 Å². The number of carbonyl (C=O) groups is 2. The predicted octanol–water partition coefficient (Wildman–Crippen LogP) is 6.11. The molecule has 1 N–H and O–H groups in total. The summed E-state index contributed by atoms with van der Waals surface area (Å²) in [6.07, 6.45) is 6.32. The number of carbonyl (C=O) groups excluding carboxylic acids is 1. The van der Waals surface area contributed by atoms with Gasteiger partial charge in [-0.3, -0.25) is 0 Å². The van der Waals surface area contributed by atoms with E-state index in [4.69, 9.17) is 9.72 Å². The van der Waals surface area contributed by atoms with Crippen molar-refractivity contribution in [2.75, 3.05) is 18.0 Å². The van der Waals surface area contributed by atoms with Gasteiger partial charge >= 0.3 is 12.1 Å². The molecule has 4 heterocycles. The number of ether oxygens (including phenoxy) is 1. The molecule has 9 nitrogen and oxygen atoms in total. The van der Waals surface area contributed by atoms with Crippen LogP contribution in [-0.2, 0) is 4.74 Å². The number of aromatic carboxylic acids is 1. The number of fused-ring (bicyclic) bond motifs is 4. The zero-order chi connectivity index (χ0) is 29.2. The number of carboxylic acid groups (broad SMARTS) is 1. The van der Waals surface area contributed by atoms with E-state index in [0.717, 1.165) is 46.3 Å². The second-order valence-electron chi connectivity index (χ2n) is 12.1. The van der Waals surface area contributed by atoms with Gasteiger partial charge in [0.1, 0.15) is 5.60 Å². The van der Waals surface area contributed by atoms with Crippen LogP contribution in [0.3, 0.4) is 0 Å². The van der Waals surface area contributed by atoms with E-state index >= 15 is 0 Å². The molecule has 5 aromatic rings. The molecule has 0 aliphatic carbocycles. The van der Waals surface area contributed by atoms with E-state index in [0.29, 0.717) is 17.6 Å². The number of piperazine rings is 1. The number of benzene rings is 3. The van der Waals surface area contributed by atoms with Gasteiger partial charge in [-0.05, 0) is 67.3 Å². The molecule has 0 saturated carbocycles. The zero-order valence-electron chi connectivity index (χ0n) is 23.7. The summed E-state index contributed by atoms with van der Waals surface area (Å²) in [5, 5.41) is 15.7. The number of carboxylic acids is 1. The fourth-order valence-electron chi connectivity index (χ4n) is 6.31. The van der Waals surface area contributed by atoms with Gasteiger partial charge in [-0.25, -0.2) is 19.1 Å². The van der Waals surface area contributed by atoms with Crippen molar-refractivity contribution >= 4 is 34.2 Å². The van der Waals surface area contributed by atoms with Crippen molar-refractivity contribution in [2.45, 2.75) is 44.9 Å². The highest BCUT2D eigenvalue weighted by Crippen LogP contribution is 2.37. The molecular formula is C33H31N5O4. The van der Waals surface area contributed by atoms with E-state index in [-0.39, 0.29) is 23.7 Å². The van der Waals surface area contributed by atoms with Gasteiger partial charge in [0, 0.05) is 48.3 Å². The van der Waals surface area contributed by atoms with Crippen LogP contribution in [0, 0.1) is 0 Å². The van der Waals surface area contributed by atoms with E-state index in [2.05, 4.69) is 34.3 Å². The average Bonchev–Trinajstić information content (AvgIpc) is 3.70. The summed E-state index contributed by atoms with van der Waals surface area (Å²) in [6, 6.07) is 19.9. The summed E-state index contributed by atoms with van der Waals surface area (Å²) in [7, 11) is 0. The summed E-state index contributed by atoms with van der Waals surface area (Å²) < 4.78 is 7.37. The molecule has 0 unspecified atom stereocenters. The zero-order valence-corrected chi connectivity index (χ0v) is 23.7. The SMILES string of the molecule is CC(C)(C)OC(=O)N1C[C@@H]2C[C@H]1CN2c1ccc(-c2cnc3c(-c4ccc(C(=O)O)c5ccccc45)cnn3c2)cc1. The molecule has 2 aliphatic heterocycles. The second kappa shape index (κ2) is 9.58. The Morgan fingerprint density at radius 2 is 1.64 bits per heavy atom. The van der Waals surface area contributed by atoms with Gasteiger partial charge in [-0.15, -0.1) is 0 Å². The number of hydrogen-bond donors (Lipinski definition) is 1. The van der Waals surface area contributed by atoms with Crippen molar-refractivity contribution in [1.82, 2.24) is 19.5 Å². The molecule has 2 bridgehead atoms. The molecule has 3 aromatic carbocycles. The van der Waals surface area contributed by atoms with Crippen molar-refractivity contribution < 1.29 is 19.4 Å². The van der Waals surface area contributed by atoms with E-state index in [1.54, 1.807) is 16.8 Å². The highest BCUT2D eigenvalue weighted by Gasteiger charge is 2.46. The Hall–Kier alpha value is -4.92. The van der Waals surface area contributed by atoms with Gasteiger partial charge in [-0.2, -0.15) is 5.10 Å². The number of likely N-dealkylation sites (tertiary alicyclic amines) is 1. The van der Waals surface area contributed by atoms with E-state index < -0.39 is 11.6 Å². The lowest BCUT2D eigenvalue weighted by molar-refractivity contribution is 0.0214. The molecule has 1 amide bonds. The molecule has 0 radical (unpaired) electrons. The van der Waals surface area contributed by atoms with Gasteiger partial charge in [0.05, 0.1) is 17.8 Å². The molecule has 2 fully saturated rings. The summed E-state index contributed by atoms with van der Waals surface area (Å²) in [4.78, 5) is 33.4. The van der Waals surface area contributed by atoms with Crippen LogP contribution in [0.4, 0.5) is 10.5 Å². The molecule has 9 heteroatoms.